The number of carbonyl (C=O) groups excluding carboxylic acids is 2. The number of nitrogens with zero attached hydrogens (tertiary/aromatic N) is 1. The normalized spacial score (nSPS) is 13.2. The second-order valence-electron chi connectivity index (χ2n) is 8.72. The molecule has 0 atom stereocenters. The Balaban J connectivity index is 1.47. The maximum Gasteiger partial charge on any atom is 0.253 e. The predicted molar refractivity (Wildman–Crippen MR) is 133 cm³/mol. The van der Waals surface area contributed by atoms with Gasteiger partial charge in [-0.2, -0.15) is 0 Å². The molecule has 0 saturated carbocycles. The molecule has 5 nitrogen and oxygen atoms in total. The van der Waals surface area contributed by atoms with Gasteiger partial charge in [-0.25, -0.2) is 0 Å². The van der Waals surface area contributed by atoms with Crippen LogP contribution in [0.1, 0.15) is 46.8 Å². The molecule has 1 aliphatic rings. The lowest BCUT2D eigenvalue weighted by Gasteiger charge is -2.17. The van der Waals surface area contributed by atoms with Gasteiger partial charge in [-0.05, 0) is 71.8 Å². The van der Waals surface area contributed by atoms with Gasteiger partial charge in [0.1, 0.15) is 0 Å². The van der Waals surface area contributed by atoms with Crippen LogP contribution >= 0.6 is 0 Å². The molecule has 0 aromatic heterocycles. The highest BCUT2D eigenvalue weighted by Crippen LogP contribution is 2.24. The molecule has 1 heterocycles. The van der Waals surface area contributed by atoms with Gasteiger partial charge >= 0.3 is 0 Å². The molecule has 170 valence electrons. The predicted octanol–water partition coefficient (Wildman–Crippen LogP) is 5.15. The van der Waals surface area contributed by atoms with Gasteiger partial charge in [-0.15, -0.1) is 0 Å². The van der Waals surface area contributed by atoms with Gasteiger partial charge in [0.25, 0.3) is 5.91 Å². The van der Waals surface area contributed by atoms with Gasteiger partial charge in [0.15, 0.2) is 0 Å². The molecule has 3 aromatic carbocycles. The summed E-state index contributed by atoms with van der Waals surface area (Å²) in [5.74, 6) is -0.111. The molecule has 5 heteroatoms. The van der Waals surface area contributed by atoms with E-state index in [9.17, 15) is 9.59 Å². The van der Waals surface area contributed by atoms with Crippen molar-refractivity contribution in [2.24, 2.45) is 0 Å². The highest BCUT2D eigenvalue weighted by molar-refractivity contribution is 5.97. The smallest absolute Gasteiger partial charge is 0.253 e. The van der Waals surface area contributed by atoms with Crippen LogP contribution in [0.25, 0.3) is 11.1 Å². The Kier molecular flexibility index (Phi) is 7.20. The first kappa shape index (κ1) is 22.7. The van der Waals surface area contributed by atoms with Crippen LogP contribution in [-0.2, 0) is 17.9 Å². The number of anilines is 1. The molecule has 0 aliphatic carbocycles. The third kappa shape index (κ3) is 5.88. The Morgan fingerprint density at radius 2 is 1.64 bits per heavy atom. The van der Waals surface area contributed by atoms with Crippen LogP contribution in [0.15, 0.2) is 66.7 Å². The van der Waals surface area contributed by atoms with Gasteiger partial charge in [0, 0.05) is 44.4 Å². The first-order valence-electron chi connectivity index (χ1n) is 11.6. The monoisotopic (exact) mass is 441 g/mol. The summed E-state index contributed by atoms with van der Waals surface area (Å²) in [5.41, 5.74) is 7.16. The highest BCUT2D eigenvalue weighted by Gasteiger charge is 2.20. The summed E-state index contributed by atoms with van der Waals surface area (Å²) >= 11 is 0. The van der Waals surface area contributed by atoms with E-state index < -0.39 is 0 Å². The van der Waals surface area contributed by atoms with E-state index in [0.717, 1.165) is 31.5 Å². The third-order valence-corrected chi connectivity index (χ3v) is 5.99. The van der Waals surface area contributed by atoms with Gasteiger partial charge in [0.05, 0.1) is 0 Å². The second-order valence-corrected chi connectivity index (χ2v) is 8.72. The first-order chi connectivity index (χ1) is 16.0. The fourth-order valence-electron chi connectivity index (χ4n) is 4.39. The molecule has 3 aromatic rings. The molecule has 2 amide bonds. The van der Waals surface area contributed by atoms with Crippen LogP contribution in [0.4, 0.5) is 5.69 Å². The van der Waals surface area contributed by atoms with Crippen molar-refractivity contribution in [2.45, 2.75) is 39.8 Å². The lowest BCUT2D eigenvalue weighted by molar-refractivity contribution is -0.114. The van der Waals surface area contributed by atoms with Gasteiger partial charge in [-0.3, -0.25) is 9.59 Å². The fraction of sp³-hybridized carbons (Fsp3) is 0.286. The molecule has 0 unspecified atom stereocenters. The minimum atomic E-state index is -0.146. The van der Waals surface area contributed by atoms with E-state index in [1.165, 1.54) is 29.2 Å². The van der Waals surface area contributed by atoms with Gasteiger partial charge in [-0.1, -0.05) is 42.5 Å². The zero-order valence-electron chi connectivity index (χ0n) is 19.4. The summed E-state index contributed by atoms with van der Waals surface area (Å²) in [5, 5.41) is 6.32. The minimum absolute atomic E-state index is 0.0342. The van der Waals surface area contributed by atoms with Crippen LogP contribution < -0.4 is 10.6 Å². The van der Waals surface area contributed by atoms with E-state index in [1.54, 1.807) is 6.07 Å². The van der Waals surface area contributed by atoms with Crippen molar-refractivity contribution in [1.82, 2.24) is 10.2 Å². The Bertz CT molecular complexity index is 1150. The summed E-state index contributed by atoms with van der Waals surface area (Å²) in [6.45, 7) is 6.52. The lowest BCUT2D eigenvalue weighted by atomic mass is 9.99. The molecule has 0 spiro atoms. The van der Waals surface area contributed by atoms with Crippen molar-refractivity contribution >= 4 is 17.5 Å². The van der Waals surface area contributed by atoms with Crippen LogP contribution in [0, 0.1) is 6.92 Å². The zero-order valence-corrected chi connectivity index (χ0v) is 19.4. The minimum Gasteiger partial charge on any atom is -0.339 e. The zero-order chi connectivity index (χ0) is 23.2. The first-order valence-corrected chi connectivity index (χ1v) is 11.6. The fourth-order valence-corrected chi connectivity index (χ4v) is 4.39. The maximum atomic E-state index is 12.9. The molecule has 4 rings (SSSR count). The Morgan fingerprint density at radius 3 is 2.39 bits per heavy atom. The van der Waals surface area contributed by atoms with Crippen molar-refractivity contribution in [2.75, 3.05) is 18.4 Å². The van der Waals surface area contributed by atoms with E-state index >= 15 is 0 Å². The quantitative estimate of drug-likeness (QED) is 0.533. The maximum absolute atomic E-state index is 12.9. The number of hydrogen-bond donors (Lipinski definition) is 2. The number of aryl methyl sites for hydroxylation is 1. The molecular weight excluding hydrogens is 410 g/mol. The number of nitrogens with one attached hydrogen (secondary N) is 2. The Morgan fingerprint density at radius 1 is 0.879 bits per heavy atom. The van der Waals surface area contributed by atoms with Gasteiger partial charge < -0.3 is 15.5 Å². The second kappa shape index (κ2) is 10.5. The average Bonchev–Trinajstić information content (AvgIpc) is 3.33. The van der Waals surface area contributed by atoms with E-state index in [-0.39, 0.29) is 11.8 Å². The summed E-state index contributed by atoms with van der Waals surface area (Å²) in [6.07, 6.45) is 2.10. The summed E-state index contributed by atoms with van der Waals surface area (Å²) in [4.78, 5) is 26.4. The van der Waals surface area contributed by atoms with Crippen molar-refractivity contribution in [3.63, 3.8) is 0 Å². The molecule has 1 aliphatic heterocycles. The van der Waals surface area contributed by atoms with Crippen molar-refractivity contribution in [1.29, 1.82) is 0 Å². The Hall–Kier alpha value is -3.44. The van der Waals surface area contributed by atoms with Crippen molar-refractivity contribution in [3.05, 3.63) is 89.0 Å². The molecule has 0 radical (unpaired) electrons. The third-order valence-electron chi connectivity index (χ3n) is 5.99. The van der Waals surface area contributed by atoms with Crippen LogP contribution in [0.2, 0.25) is 0 Å². The molecular formula is C28H31N3O2. The summed E-state index contributed by atoms with van der Waals surface area (Å²) in [7, 11) is 0. The van der Waals surface area contributed by atoms with E-state index in [1.807, 2.05) is 17.0 Å². The summed E-state index contributed by atoms with van der Waals surface area (Å²) < 4.78 is 0. The average molecular weight is 442 g/mol. The standard InChI is InChI=1S/C28H31N3O2/c1-20-8-3-4-11-27(20)24-10-7-9-22(14-24)18-29-19-23-15-25(17-26(16-23)30-21(2)32)28(33)31-12-5-6-13-31/h3-4,7-11,14-17,29H,5-6,12-13,18-19H2,1-2H3,(H,30,32). The van der Waals surface area contributed by atoms with Crippen molar-refractivity contribution < 1.29 is 9.59 Å². The van der Waals surface area contributed by atoms with Gasteiger partial charge in [0.2, 0.25) is 5.91 Å². The van der Waals surface area contributed by atoms with Crippen molar-refractivity contribution in [3.8, 4) is 11.1 Å². The molecule has 33 heavy (non-hydrogen) atoms. The highest BCUT2D eigenvalue weighted by atomic mass is 16.2. The number of carbonyl (C=O) groups is 2. The van der Waals surface area contributed by atoms with Crippen LogP contribution in [-0.4, -0.2) is 29.8 Å². The SMILES string of the molecule is CC(=O)Nc1cc(CNCc2cccc(-c3ccccc3C)c2)cc(C(=O)N2CCCC2)c1. The topological polar surface area (TPSA) is 61.4 Å². The van der Waals surface area contributed by atoms with E-state index in [4.69, 9.17) is 0 Å². The molecule has 1 saturated heterocycles. The number of hydrogen-bond acceptors (Lipinski definition) is 3. The lowest BCUT2D eigenvalue weighted by Crippen LogP contribution is -2.28. The Labute approximate surface area is 195 Å². The number of rotatable bonds is 7. The number of amides is 2. The number of likely N-dealkylation sites (tertiary alicyclic amines) is 1. The van der Waals surface area contributed by atoms with Crippen LogP contribution in [0.5, 0.6) is 0 Å². The molecule has 1 fully saturated rings. The largest absolute Gasteiger partial charge is 0.339 e. The molecule has 2 N–H and O–H groups in total. The molecule has 0 bridgehead atoms. The number of benzene rings is 3. The van der Waals surface area contributed by atoms with E-state index in [0.29, 0.717) is 24.3 Å². The van der Waals surface area contributed by atoms with Crippen LogP contribution in [0.3, 0.4) is 0 Å². The summed E-state index contributed by atoms with van der Waals surface area (Å²) in [6, 6.07) is 22.6. The van der Waals surface area contributed by atoms with E-state index in [2.05, 4.69) is 66.1 Å².